The number of carboxylic acids is 1. The maximum atomic E-state index is 10.7. The first kappa shape index (κ1) is 10.6. The molecule has 1 aromatic carbocycles. The van der Waals surface area contributed by atoms with Crippen LogP contribution in [0.1, 0.15) is 24.0 Å². The predicted molar refractivity (Wildman–Crippen MR) is 66.2 cm³/mol. The molecule has 3 heteroatoms. The number of aryl methyl sites for hydroxylation is 2. The molecule has 0 aliphatic heterocycles. The van der Waals surface area contributed by atoms with E-state index in [0.29, 0.717) is 5.92 Å². The van der Waals surface area contributed by atoms with Gasteiger partial charge >= 0.3 is 5.97 Å². The van der Waals surface area contributed by atoms with Crippen molar-refractivity contribution in [3.8, 4) is 0 Å². The molecule has 17 heavy (non-hydrogen) atoms. The van der Waals surface area contributed by atoms with E-state index in [0.717, 1.165) is 18.7 Å². The average Bonchev–Trinajstić information content (AvgIpc) is 2.95. The van der Waals surface area contributed by atoms with Gasteiger partial charge in [-0.15, -0.1) is 0 Å². The largest absolute Gasteiger partial charge is 0.481 e. The van der Waals surface area contributed by atoms with Gasteiger partial charge < -0.3 is 10.4 Å². The van der Waals surface area contributed by atoms with E-state index in [-0.39, 0.29) is 5.92 Å². The fraction of sp³-hybridized carbons (Fsp3) is 0.500. The van der Waals surface area contributed by atoms with E-state index in [9.17, 15) is 4.79 Å². The van der Waals surface area contributed by atoms with Crippen LogP contribution in [0.2, 0.25) is 0 Å². The van der Waals surface area contributed by atoms with Crippen LogP contribution in [0.5, 0.6) is 0 Å². The van der Waals surface area contributed by atoms with Crippen LogP contribution in [0.4, 0.5) is 5.69 Å². The summed E-state index contributed by atoms with van der Waals surface area (Å²) in [6.45, 7) is 0.787. The zero-order valence-corrected chi connectivity index (χ0v) is 9.78. The highest BCUT2D eigenvalue weighted by Crippen LogP contribution is 2.38. The molecule has 2 unspecified atom stereocenters. The molecule has 90 valence electrons. The molecule has 2 N–H and O–H groups in total. The van der Waals surface area contributed by atoms with Gasteiger partial charge in [-0.3, -0.25) is 4.79 Å². The number of hydrogen-bond donors (Lipinski definition) is 2. The van der Waals surface area contributed by atoms with Crippen molar-refractivity contribution in [2.24, 2.45) is 11.8 Å². The summed E-state index contributed by atoms with van der Waals surface area (Å²) in [6, 6.07) is 6.54. The SMILES string of the molecule is O=C(O)C1CC1CNc1ccc2c(c1)CCC2. The minimum atomic E-state index is -0.647. The summed E-state index contributed by atoms with van der Waals surface area (Å²) in [6.07, 6.45) is 4.49. The predicted octanol–water partition coefficient (Wildman–Crippen LogP) is 2.31. The van der Waals surface area contributed by atoms with Crippen LogP contribution in [-0.4, -0.2) is 17.6 Å². The van der Waals surface area contributed by atoms with E-state index in [2.05, 4.69) is 23.5 Å². The van der Waals surface area contributed by atoms with Crippen molar-refractivity contribution in [2.75, 3.05) is 11.9 Å². The molecular weight excluding hydrogens is 214 g/mol. The minimum absolute atomic E-state index is 0.114. The van der Waals surface area contributed by atoms with Crippen LogP contribution in [-0.2, 0) is 17.6 Å². The van der Waals surface area contributed by atoms with Crippen molar-refractivity contribution >= 4 is 11.7 Å². The first-order valence-corrected chi connectivity index (χ1v) is 6.32. The summed E-state index contributed by atoms with van der Waals surface area (Å²) in [7, 11) is 0. The van der Waals surface area contributed by atoms with Gasteiger partial charge in [0.1, 0.15) is 0 Å². The Hall–Kier alpha value is -1.51. The normalized spacial score (nSPS) is 25.4. The van der Waals surface area contributed by atoms with E-state index >= 15 is 0 Å². The third-order valence-electron chi connectivity index (χ3n) is 3.91. The second kappa shape index (κ2) is 4.06. The quantitative estimate of drug-likeness (QED) is 0.836. The van der Waals surface area contributed by atoms with Crippen molar-refractivity contribution in [2.45, 2.75) is 25.7 Å². The Bertz CT molecular complexity index is 456. The molecule has 0 heterocycles. The Morgan fingerprint density at radius 1 is 1.35 bits per heavy atom. The van der Waals surface area contributed by atoms with Gasteiger partial charge in [0.15, 0.2) is 0 Å². The maximum absolute atomic E-state index is 10.7. The van der Waals surface area contributed by atoms with Gasteiger partial charge in [-0.05, 0) is 54.9 Å². The van der Waals surface area contributed by atoms with Crippen molar-refractivity contribution < 1.29 is 9.90 Å². The number of benzene rings is 1. The molecule has 3 rings (SSSR count). The molecular formula is C14H17NO2. The van der Waals surface area contributed by atoms with Gasteiger partial charge in [-0.1, -0.05) is 6.07 Å². The lowest BCUT2D eigenvalue weighted by molar-refractivity contribution is -0.138. The van der Waals surface area contributed by atoms with Crippen LogP contribution < -0.4 is 5.32 Å². The standard InChI is InChI=1S/C14H17NO2/c16-14(17)13-7-11(13)8-15-12-5-4-9-2-1-3-10(9)6-12/h4-6,11,13,15H,1-3,7-8H2,(H,16,17). The van der Waals surface area contributed by atoms with Crippen molar-refractivity contribution in [1.29, 1.82) is 0 Å². The molecule has 1 aromatic rings. The summed E-state index contributed by atoms with van der Waals surface area (Å²) < 4.78 is 0. The summed E-state index contributed by atoms with van der Waals surface area (Å²) in [5.74, 6) is -0.441. The third kappa shape index (κ3) is 2.14. The number of nitrogens with one attached hydrogen (secondary N) is 1. The van der Waals surface area contributed by atoms with Gasteiger partial charge in [0.25, 0.3) is 0 Å². The Labute approximate surface area is 101 Å². The van der Waals surface area contributed by atoms with Crippen LogP contribution in [0.15, 0.2) is 18.2 Å². The molecule has 0 aromatic heterocycles. The lowest BCUT2D eigenvalue weighted by Crippen LogP contribution is -2.08. The molecule has 3 nitrogen and oxygen atoms in total. The number of fused-ring (bicyclic) bond motifs is 1. The number of rotatable bonds is 4. The monoisotopic (exact) mass is 231 g/mol. The lowest BCUT2D eigenvalue weighted by Gasteiger charge is -2.07. The first-order chi connectivity index (χ1) is 8.24. The molecule has 0 amide bonds. The van der Waals surface area contributed by atoms with E-state index < -0.39 is 5.97 Å². The minimum Gasteiger partial charge on any atom is -0.481 e. The van der Waals surface area contributed by atoms with Gasteiger partial charge in [-0.25, -0.2) is 0 Å². The molecule has 1 saturated carbocycles. The second-order valence-corrected chi connectivity index (χ2v) is 5.16. The second-order valence-electron chi connectivity index (χ2n) is 5.16. The highest BCUT2D eigenvalue weighted by atomic mass is 16.4. The van der Waals surface area contributed by atoms with E-state index in [1.165, 1.54) is 30.4 Å². The molecule has 2 aliphatic rings. The summed E-state index contributed by atoms with van der Waals surface area (Å²) >= 11 is 0. The van der Waals surface area contributed by atoms with Crippen molar-refractivity contribution in [3.63, 3.8) is 0 Å². The van der Waals surface area contributed by atoms with Gasteiger partial charge in [0.05, 0.1) is 5.92 Å². The summed E-state index contributed by atoms with van der Waals surface area (Å²) in [5.41, 5.74) is 4.08. The highest BCUT2D eigenvalue weighted by molar-refractivity contribution is 5.73. The number of carbonyl (C=O) groups is 1. The van der Waals surface area contributed by atoms with Crippen LogP contribution in [0.25, 0.3) is 0 Å². The van der Waals surface area contributed by atoms with Crippen molar-refractivity contribution in [3.05, 3.63) is 29.3 Å². The Kier molecular flexibility index (Phi) is 2.54. The van der Waals surface area contributed by atoms with E-state index in [1.807, 2.05) is 0 Å². The third-order valence-corrected chi connectivity index (χ3v) is 3.91. The molecule has 0 bridgehead atoms. The number of carboxylic acid groups (broad SMARTS) is 1. The zero-order valence-electron chi connectivity index (χ0n) is 9.78. The van der Waals surface area contributed by atoms with Crippen LogP contribution in [0, 0.1) is 11.8 Å². The van der Waals surface area contributed by atoms with Crippen LogP contribution in [0.3, 0.4) is 0 Å². The molecule has 0 spiro atoms. The van der Waals surface area contributed by atoms with E-state index in [4.69, 9.17) is 5.11 Å². The smallest absolute Gasteiger partial charge is 0.306 e. The molecule has 1 fully saturated rings. The maximum Gasteiger partial charge on any atom is 0.306 e. The number of anilines is 1. The van der Waals surface area contributed by atoms with Crippen molar-refractivity contribution in [1.82, 2.24) is 0 Å². The Morgan fingerprint density at radius 2 is 2.18 bits per heavy atom. The zero-order chi connectivity index (χ0) is 11.8. The number of hydrogen-bond acceptors (Lipinski definition) is 2. The average molecular weight is 231 g/mol. The summed E-state index contributed by atoms with van der Waals surface area (Å²) in [5, 5.41) is 12.2. The fourth-order valence-electron chi connectivity index (χ4n) is 2.71. The first-order valence-electron chi connectivity index (χ1n) is 6.32. The van der Waals surface area contributed by atoms with Gasteiger partial charge in [-0.2, -0.15) is 0 Å². The molecule has 2 aliphatic carbocycles. The summed E-state index contributed by atoms with van der Waals surface area (Å²) in [4.78, 5) is 10.7. The lowest BCUT2D eigenvalue weighted by atomic mass is 10.1. The van der Waals surface area contributed by atoms with E-state index in [1.54, 1.807) is 0 Å². The number of aliphatic carboxylic acids is 1. The van der Waals surface area contributed by atoms with Gasteiger partial charge in [0, 0.05) is 12.2 Å². The molecule has 0 radical (unpaired) electrons. The van der Waals surface area contributed by atoms with Gasteiger partial charge in [0.2, 0.25) is 0 Å². The highest BCUT2D eigenvalue weighted by Gasteiger charge is 2.42. The Morgan fingerprint density at radius 3 is 2.94 bits per heavy atom. The Balaban J connectivity index is 1.58. The fourth-order valence-corrected chi connectivity index (χ4v) is 2.71. The van der Waals surface area contributed by atoms with Crippen LogP contribution >= 0.6 is 0 Å². The molecule has 2 atom stereocenters. The molecule has 0 saturated heterocycles. The topological polar surface area (TPSA) is 49.3 Å².